The fraction of sp³-hybridized carbons (Fsp3) is 0.318. The molecule has 27 heavy (non-hydrogen) atoms. The van der Waals surface area contributed by atoms with Crippen LogP contribution in [0.2, 0.25) is 0 Å². The molecular formula is C22H24N2O3. The summed E-state index contributed by atoms with van der Waals surface area (Å²) >= 11 is 0. The second-order valence-electron chi connectivity index (χ2n) is 6.62. The quantitative estimate of drug-likeness (QED) is 0.668. The number of hydrogen-bond donors (Lipinski definition) is 0. The first-order valence-corrected chi connectivity index (χ1v) is 9.29. The Hall–Kier alpha value is -2.63. The molecule has 5 heteroatoms. The molecule has 0 N–H and O–H groups in total. The van der Waals surface area contributed by atoms with Crippen molar-refractivity contribution in [1.82, 2.24) is 9.88 Å². The fourth-order valence-corrected chi connectivity index (χ4v) is 3.28. The Balaban J connectivity index is 1.46. The number of methoxy groups -OCH3 is 1. The van der Waals surface area contributed by atoms with Crippen LogP contribution in [0.15, 0.2) is 54.7 Å². The van der Waals surface area contributed by atoms with Gasteiger partial charge in [-0.3, -0.25) is 4.90 Å². The molecule has 1 aliphatic heterocycles. The van der Waals surface area contributed by atoms with E-state index in [-0.39, 0.29) is 0 Å². The number of fused-ring (bicyclic) bond motifs is 1. The molecule has 0 unspecified atom stereocenters. The van der Waals surface area contributed by atoms with Crippen LogP contribution in [-0.2, 0) is 4.74 Å². The lowest BCUT2D eigenvalue weighted by Gasteiger charge is -2.26. The Kier molecular flexibility index (Phi) is 5.51. The van der Waals surface area contributed by atoms with Gasteiger partial charge < -0.3 is 14.2 Å². The second kappa shape index (κ2) is 8.37. The fourth-order valence-electron chi connectivity index (χ4n) is 3.28. The number of pyridine rings is 1. The molecule has 0 radical (unpaired) electrons. The smallest absolute Gasteiger partial charge is 0.212 e. The molecule has 1 aliphatic rings. The summed E-state index contributed by atoms with van der Waals surface area (Å²) in [6, 6.07) is 16.6. The predicted molar refractivity (Wildman–Crippen MR) is 106 cm³/mol. The summed E-state index contributed by atoms with van der Waals surface area (Å²) in [7, 11) is 1.62. The Morgan fingerprint density at radius 1 is 0.963 bits per heavy atom. The first-order valence-electron chi connectivity index (χ1n) is 9.29. The first kappa shape index (κ1) is 17.8. The molecule has 5 nitrogen and oxygen atoms in total. The third-order valence-electron chi connectivity index (χ3n) is 4.87. The van der Waals surface area contributed by atoms with E-state index in [1.54, 1.807) is 7.11 Å². The highest BCUT2D eigenvalue weighted by Gasteiger charge is 2.10. The summed E-state index contributed by atoms with van der Waals surface area (Å²) < 4.78 is 16.5. The molecule has 0 bridgehead atoms. The van der Waals surface area contributed by atoms with E-state index in [1.807, 2.05) is 24.4 Å². The molecular weight excluding hydrogens is 340 g/mol. The van der Waals surface area contributed by atoms with Gasteiger partial charge in [0.05, 0.1) is 20.3 Å². The molecule has 1 saturated heterocycles. The zero-order valence-corrected chi connectivity index (χ0v) is 15.6. The topological polar surface area (TPSA) is 43.8 Å². The molecule has 2 heterocycles. The van der Waals surface area contributed by atoms with Gasteiger partial charge in [0, 0.05) is 37.5 Å². The van der Waals surface area contributed by atoms with Gasteiger partial charge in [-0.25, -0.2) is 4.98 Å². The molecule has 2 aromatic carbocycles. The van der Waals surface area contributed by atoms with Crippen molar-refractivity contribution < 1.29 is 14.2 Å². The van der Waals surface area contributed by atoms with Crippen molar-refractivity contribution >= 4 is 10.8 Å². The van der Waals surface area contributed by atoms with E-state index in [2.05, 4.69) is 40.2 Å². The highest BCUT2D eigenvalue weighted by atomic mass is 16.5. The Morgan fingerprint density at radius 2 is 1.78 bits per heavy atom. The van der Waals surface area contributed by atoms with Crippen molar-refractivity contribution in [2.24, 2.45) is 0 Å². The van der Waals surface area contributed by atoms with Crippen LogP contribution in [0.4, 0.5) is 0 Å². The second-order valence-corrected chi connectivity index (χ2v) is 6.62. The SMILES string of the molecule is COc1ccc(-c2ccc3ccc(OCCN4CCOCC4)cc3c2)cn1. The van der Waals surface area contributed by atoms with Crippen molar-refractivity contribution in [1.29, 1.82) is 0 Å². The van der Waals surface area contributed by atoms with E-state index in [1.165, 1.54) is 5.39 Å². The average molecular weight is 364 g/mol. The zero-order chi connectivity index (χ0) is 18.5. The van der Waals surface area contributed by atoms with E-state index >= 15 is 0 Å². The molecule has 1 fully saturated rings. The van der Waals surface area contributed by atoms with Crippen molar-refractivity contribution in [2.45, 2.75) is 0 Å². The number of nitrogens with zero attached hydrogens (tertiary/aromatic N) is 2. The number of rotatable bonds is 6. The van der Waals surface area contributed by atoms with Crippen LogP contribution in [0.5, 0.6) is 11.6 Å². The summed E-state index contributed by atoms with van der Waals surface area (Å²) in [5.41, 5.74) is 2.19. The van der Waals surface area contributed by atoms with Gasteiger partial charge in [-0.1, -0.05) is 18.2 Å². The molecule has 0 amide bonds. The van der Waals surface area contributed by atoms with E-state index < -0.39 is 0 Å². The molecule has 0 aliphatic carbocycles. The van der Waals surface area contributed by atoms with Crippen LogP contribution < -0.4 is 9.47 Å². The van der Waals surface area contributed by atoms with Gasteiger partial charge in [0.25, 0.3) is 0 Å². The number of benzene rings is 2. The van der Waals surface area contributed by atoms with Crippen LogP contribution in [0, 0.1) is 0 Å². The van der Waals surface area contributed by atoms with Gasteiger partial charge in [-0.2, -0.15) is 0 Å². The third kappa shape index (κ3) is 4.38. The predicted octanol–water partition coefficient (Wildman–Crippen LogP) is 3.62. The van der Waals surface area contributed by atoms with Crippen LogP contribution in [0.3, 0.4) is 0 Å². The van der Waals surface area contributed by atoms with Gasteiger partial charge in [0.2, 0.25) is 5.88 Å². The minimum atomic E-state index is 0.621. The number of morpholine rings is 1. The zero-order valence-electron chi connectivity index (χ0n) is 15.6. The largest absolute Gasteiger partial charge is 0.492 e. The van der Waals surface area contributed by atoms with Gasteiger partial charge in [-0.15, -0.1) is 0 Å². The minimum Gasteiger partial charge on any atom is -0.492 e. The molecule has 140 valence electrons. The van der Waals surface area contributed by atoms with Crippen molar-refractivity contribution in [2.75, 3.05) is 46.6 Å². The highest BCUT2D eigenvalue weighted by molar-refractivity contribution is 5.88. The number of hydrogen-bond acceptors (Lipinski definition) is 5. The lowest BCUT2D eigenvalue weighted by Crippen LogP contribution is -2.38. The van der Waals surface area contributed by atoms with Crippen LogP contribution in [-0.4, -0.2) is 56.4 Å². The molecule has 0 atom stereocenters. The molecule has 4 rings (SSSR count). The van der Waals surface area contributed by atoms with Gasteiger partial charge >= 0.3 is 0 Å². The van der Waals surface area contributed by atoms with Crippen LogP contribution in [0.25, 0.3) is 21.9 Å². The van der Waals surface area contributed by atoms with Gasteiger partial charge in [0.15, 0.2) is 0 Å². The van der Waals surface area contributed by atoms with Gasteiger partial charge in [-0.05, 0) is 40.6 Å². The molecule has 1 aromatic heterocycles. The Bertz CT molecular complexity index is 890. The highest BCUT2D eigenvalue weighted by Crippen LogP contribution is 2.27. The first-order chi connectivity index (χ1) is 13.3. The minimum absolute atomic E-state index is 0.621. The van der Waals surface area contributed by atoms with Crippen LogP contribution in [0.1, 0.15) is 0 Å². The lowest BCUT2D eigenvalue weighted by atomic mass is 10.0. The van der Waals surface area contributed by atoms with Gasteiger partial charge in [0.1, 0.15) is 12.4 Å². The maximum Gasteiger partial charge on any atom is 0.212 e. The summed E-state index contributed by atoms with van der Waals surface area (Å²) in [5, 5.41) is 2.35. The molecule has 0 saturated carbocycles. The average Bonchev–Trinajstić information content (AvgIpc) is 2.74. The summed E-state index contributed by atoms with van der Waals surface area (Å²) in [6.45, 7) is 5.23. The van der Waals surface area contributed by atoms with E-state index in [9.17, 15) is 0 Å². The monoisotopic (exact) mass is 364 g/mol. The maximum absolute atomic E-state index is 5.98. The number of ether oxygens (including phenoxy) is 3. The normalized spacial score (nSPS) is 15.0. The summed E-state index contributed by atoms with van der Waals surface area (Å²) in [4.78, 5) is 6.67. The Labute approximate surface area is 159 Å². The van der Waals surface area contributed by atoms with Crippen molar-refractivity contribution in [3.63, 3.8) is 0 Å². The van der Waals surface area contributed by atoms with E-state index in [0.29, 0.717) is 12.5 Å². The van der Waals surface area contributed by atoms with Crippen molar-refractivity contribution in [3.8, 4) is 22.8 Å². The number of aromatic nitrogens is 1. The van der Waals surface area contributed by atoms with E-state index in [4.69, 9.17) is 14.2 Å². The van der Waals surface area contributed by atoms with Crippen molar-refractivity contribution in [3.05, 3.63) is 54.7 Å². The lowest BCUT2D eigenvalue weighted by molar-refractivity contribution is 0.0322. The third-order valence-corrected chi connectivity index (χ3v) is 4.87. The molecule has 3 aromatic rings. The molecule has 0 spiro atoms. The standard InChI is InChI=1S/C22H24N2O3/c1-25-22-7-5-19(16-23-22)18-3-2-17-4-6-21(15-20(17)14-18)27-13-10-24-8-11-26-12-9-24/h2-7,14-16H,8-13H2,1H3. The van der Waals surface area contributed by atoms with Crippen LogP contribution >= 0.6 is 0 Å². The Morgan fingerprint density at radius 3 is 2.56 bits per heavy atom. The summed E-state index contributed by atoms with van der Waals surface area (Å²) in [5.74, 6) is 1.52. The summed E-state index contributed by atoms with van der Waals surface area (Å²) in [6.07, 6.45) is 1.84. The van der Waals surface area contributed by atoms with E-state index in [0.717, 1.165) is 55.1 Å². The maximum atomic E-state index is 5.98.